The second-order valence-corrected chi connectivity index (χ2v) is 12.3. The lowest BCUT2D eigenvalue weighted by molar-refractivity contribution is 0.137. The van der Waals surface area contributed by atoms with Crippen molar-refractivity contribution in [3.05, 3.63) is 0 Å². The van der Waals surface area contributed by atoms with Gasteiger partial charge in [-0.05, 0) is 19.1 Å². The lowest BCUT2D eigenvalue weighted by atomic mass is 10.6. The van der Waals surface area contributed by atoms with Gasteiger partial charge >= 0.3 is 0 Å². The summed E-state index contributed by atoms with van der Waals surface area (Å²) >= 11 is 1.71. The Kier molecular flexibility index (Phi) is 11.8. The Balaban J connectivity index is 3.94. The molecule has 24 heavy (non-hydrogen) atoms. The summed E-state index contributed by atoms with van der Waals surface area (Å²) in [5.74, 6) is 0.339. The van der Waals surface area contributed by atoms with Gasteiger partial charge in [0.25, 0.3) is 0 Å². The highest BCUT2D eigenvalue weighted by Crippen LogP contribution is 2.08. The zero-order valence-corrected chi connectivity index (χ0v) is 17.7. The molecule has 0 radical (unpaired) electrons. The number of rotatable bonds is 14. The zero-order valence-electron chi connectivity index (χ0n) is 15.2. The molecule has 0 amide bonds. The van der Waals surface area contributed by atoms with Crippen molar-refractivity contribution in [1.82, 2.24) is 4.31 Å². The maximum absolute atomic E-state index is 12.0. The molecule has 0 atom stereocenters. The van der Waals surface area contributed by atoms with Crippen LogP contribution in [0.1, 0.15) is 27.7 Å². The lowest BCUT2D eigenvalue weighted by Gasteiger charge is -2.17. The zero-order chi connectivity index (χ0) is 18.8. The molecule has 0 aliphatic heterocycles. The molecule has 0 N–H and O–H groups in total. The first-order valence-electron chi connectivity index (χ1n) is 7.91. The maximum Gasteiger partial charge on any atom is 0.238 e. The SMILES string of the molecule is CC(C)SCCOCS(=O)(=O)N(C)CCOCCS(=O)(=O)C(C)C. The van der Waals surface area contributed by atoms with Crippen LogP contribution in [0.25, 0.3) is 0 Å². The molecule has 0 aliphatic rings. The van der Waals surface area contributed by atoms with Crippen molar-refractivity contribution in [2.75, 3.05) is 50.9 Å². The molecule has 0 rings (SSSR count). The fraction of sp³-hybridized carbons (Fsp3) is 1.00. The molecule has 0 aromatic rings. The molecular formula is C14H31NO6S3. The van der Waals surface area contributed by atoms with Gasteiger partial charge in [0.15, 0.2) is 15.8 Å². The Labute approximate surface area is 151 Å². The van der Waals surface area contributed by atoms with E-state index >= 15 is 0 Å². The summed E-state index contributed by atoms with van der Waals surface area (Å²) in [7, 11) is -5.16. The average Bonchev–Trinajstić information content (AvgIpc) is 2.45. The van der Waals surface area contributed by atoms with E-state index in [1.165, 1.54) is 11.4 Å². The molecule has 0 bridgehead atoms. The summed E-state index contributed by atoms with van der Waals surface area (Å²) in [6.07, 6.45) is 0. The number of hydrogen-bond donors (Lipinski definition) is 0. The number of ether oxygens (including phenoxy) is 2. The Morgan fingerprint density at radius 3 is 2.12 bits per heavy atom. The van der Waals surface area contributed by atoms with Crippen LogP contribution < -0.4 is 0 Å². The molecule has 0 aliphatic carbocycles. The molecule has 0 aromatic heterocycles. The highest BCUT2D eigenvalue weighted by molar-refractivity contribution is 7.99. The van der Waals surface area contributed by atoms with E-state index in [0.29, 0.717) is 11.9 Å². The fourth-order valence-corrected chi connectivity index (χ4v) is 3.81. The molecule has 0 fully saturated rings. The highest BCUT2D eigenvalue weighted by Gasteiger charge is 2.18. The Bertz CT molecular complexity index is 531. The predicted octanol–water partition coefficient (Wildman–Crippen LogP) is 1.20. The van der Waals surface area contributed by atoms with Crippen molar-refractivity contribution in [3.63, 3.8) is 0 Å². The van der Waals surface area contributed by atoms with Crippen LogP contribution in [0.5, 0.6) is 0 Å². The summed E-state index contributed by atoms with van der Waals surface area (Å²) < 4.78 is 58.7. The van der Waals surface area contributed by atoms with Gasteiger partial charge in [-0.1, -0.05) is 13.8 Å². The van der Waals surface area contributed by atoms with Gasteiger partial charge in [0.1, 0.15) is 0 Å². The molecule has 0 unspecified atom stereocenters. The minimum Gasteiger partial charge on any atom is -0.379 e. The first-order chi connectivity index (χ1) is 11.0. The quantitative estimate of drug-likeness (QED) is 0.401. The Morgan fingerprint density at radius 2 is 1.58 bits per heavy atom. The summed E-state index contributed by atoms with van der Waals surface area (Å²) in [6, 6.07) is 0. The smallest absolute Gasteiger partial charge is 0.238 e. The van der Waals surface area contributed by atoms with Gasteiger partial charge < -0.3 is 9.47 Å². The van der Waals surface area contributed by atoms with E-state index in [-0.39, 0.29) is 31.5 Å². The van der Waals surface area contributed by atoms with Crippen molar-refractivity contribution in [3.8, 4) is 0 Å². The molecule has 146 valence electrons. The normalized spacial score (nSPS) is 13.3. The van der Waals surface area contributed by atoms with Crippen molar-refractivity contribution in [2.24, 2.45) is 0 Å². The average molecular weight is 406 g/mol. The summed E-state index contributed by atoms with van der Waals surface area (Å²) in [4.78, 5) is 0. The Hall–Kier alpha value is 0.130. The van der Waals surface area contributed by atoms with E-state index < -0.39 is 25.1 Å². The van der Waals surface area contributed by atoms with Crippen LogP contribution in [-0.4, -0.2) is 82.5 Å². The highest BCUT2D eigenvalue weighted by atomic mass is 32.2. The number of sulfone groups is 1. The van der Waals surface area contributed by atoms with Gasteiger partial charge in [-0.3, -0.25) is 0 Å². The van der Waals surface area contributed by atoms with Gasteiger partial charge in [0.05, 0.1) is 30.8 Å². The largest absolute Gasteiger partial charge is 0.379 e. The van der Waals surface area contributed by atoms with Gasteiger partial charge in [-0.2, -0.15) is 11.8 Å². The van der Waals surface area contributed by atoms with E-state index in [9.17, 15) is 16.8 Å². The van der Waals surface area contributed by atoms with Crippen LogP contribution in [0.2, 0.25) is 0 Å². The minimum atomic E-state index is -3.49. The third-order valence-electron chi connectivity index (χ3n) is 3.17. The number of likely N-dealkylation sites (N-methyl/N-ethyl adjacent to an activating group) is 1. The molecule has 0 saturated carbocycles. The third kappa shape index (κ3) is 10.9. The van der Waals surface area contributed by atoms with E-state index in [4.69, 9.17) is 9.47 Å². The van der Waals surface area contributed by atoms with E-state index in [1.807, 2.05) is 0 Å². The second-order valence-electron chi connectivity index (χ2n) is 5.91. The van der Waals surface area contributed by atoms with Crippen LogP contribution in [0.3, 0.4) is 0 Å². The molecule has 10 heteroatoms. The summed E-state index contributed by atoms with van der Waals surface area (Å²) in [5.41, 5.74) is 0. The molecule has 0 saturated heterocycles. The molecular weight excluding hydrogens is 374 g/mol. The summed E-state index contributed by atoms with van der Waals surface area (Å²) in [5, 5.41) is 0.0553. The van der Waals surface area contributed by atoms with Gasteiger partial charge in [-0.15, -0.1) is 0 Å². The Morgan fingerprint density at radius 1 is 0.958 bits per heavy atom. The van der Waals surface area contributed by atoms with Crippen LogP contribution in [0.4, 0.5) is 0 Å². The summed E-state index contributed by atoms with van der Waals surface area (Å²) in [6.45, 7) is 8.14. The number of thioether (sulfide) groups is 1. The number of nitrogens with zero attached hydrogens (tertiary/aromatic N) is 1. The monoisotopic (exact) mass is 405 g/mol. The first kappa shape index (κ1) is 24.1. The van der Waals surface area contributed by atoms with E-state index in [2.05, 4.69) is 13.8 Å². The molecule has 7 nitrogen and oxygen atoms in total. The fourth-order valence-electron chi connectivity index (χ4n) is 1.44. The van der Waals surface area contributed by atoms with Crippen LogP contribution in [-0.2, 0) is 29.3 Å². The maximum atomic E-state index is 12.0. The molecule has 0 aromatic carbocycles. The standard InChI is InChI=1S/C14H31NO6S3/c1-13(2)22-10-8-21-12-24(18,19)15(5)6-7-20-9-11-23(16,17)14(3)4/h13-14H,6-12H2,1-5H3. The van der Waals surface area contributed by atoms with Crippen molar-refractivity contribution < 1.29 is 26.3 Å². The van der Waals surface area contributed by atoms with E-state index in [0.717, 1.165) is 5.75 Å². The topological polar surface area (TPSA) is 90.0 Å². The van der Waals surface area contributed by atoms with E-state index in [1.54, 1.807) is 25.6 Å². The lowest BCUT2D eigenvalue weighted by Crippen LogP contribution is -2.33. The van der Waals surface area contributed by atoms with Crippen molar-refractivity contribution >= 4 is 31.6 Å². The number of sulfonamides is 1. The van der Waals surface area contributed by atoms with Crippen LogP contribution in [0, 0.1) is 0 Å². The van der Waals surface area contributed by atoms with Crippen molar-refractivity contribution in [2.45, 2.75) is 38.2 Å². The van der Waals surface area contributed by atoms with Crippen LogP contribution in [0.15, 0.2) is 0 Å². The molecule has 0 heterocycles. The van der Waals surface area contributed by atoms with Gasteiger partial charge in [-0.25, -0.2) is 21.1 Å². The molecule has 0 spiro atoms. The van der Waals surface area contributed by atoms with Gasteiger partial charge in [0.2, 0.25) is 10.0 Å². The van der Waals surface area contributed by atoms with Crippen molar-refractivity contribution in [1.29, 1.82) is 0 Å². The first-order valence-corrected chi connectivity index (χ1v) is 12.3. The minimum absolute atomic E-state index is 0.0578. The van der Waals surface area contributed by atoms with Gasteiger partial charge in [0, 0.05) is 19.3 Å². The third-order valence-corrected chi connectivity index (χ3v) is 8.00. The second kappa shape index (κ2) is 11.7. The predicted molar refractivity (Wildman–Crippen MR) is 99.7 cm³/mol. The van der Waals surface area contributed by atoms with Crippen LogP contribution >= 0.6 is 11.8 Å². The number of hydrogen-bond acceptors (Lipinski definition) is 7.